The summed E-state index contributed by atoms with van der Waals surface area (Å²) < 4.78 is 5.12. The summed E-state index contributed by atoms with van der Waals surface area (Å²) in [4.78, 5) is 27.0. The first kappa shape index (κ1) is 18.2. The van der Waals surface area contributed by atoms with Gasteiger partial charge in [-0.2, -0.15) is 0 Å². The van der Waals surface area contributed by atoms with Crippen molar-refractivity contribution in [3.63, 3.8) is 0 Å². The summed E-state index contributed by atoms with van der Waals surface area (Å²) in [7, 11) is 1.62. The first-order valence-corrected chi connectivity index (χ1v) is 7.77. The summed E-state index contributed by atoms with van der Waals surface area (Å²) in [6.45, 7) is 1.92. The van der Waals surface area contributed by atoms with E-state index >= 15 is 0 Å². The number of aliphatic imine (C=N–C) groups is 1. The quantitative estimate of drug-likeness (QED) is 0.335. The number of nitrogens with zero attached hydrogens (tertiary/aromatic N) is 1. The predicted molar refractivity (Wildman–Crippen MR) is 96.8 cm³/mol. The maximum absolute atomic E-state index is 12.2. The molecule has 0 radical (unpaired) electrons. The number of aromatic hydroxyl groups is 1. The Morgan fingerprint density at radius 2 is 2.00 bits per heavy atom. The summed E-state index contributed by atoms with van der Waals surface area (Å²) >= 11 is 0. The van der Waals surface area contributed by atoms with Crippen molar-refractivity contribution in [2.24, 2.45) is 4.99 Å². The third-order valence-corrected chi connectivity index (χ3v) is 3.63. The van der Waals surface area contributed by atoms with E-state index in [-0.39, 0.29) is 23.3 Å². The number of methoxy groups -OCH3 is 1. The molecule has 2 N–H and O–H groups in total. The van der Waals surface area contributed by atoms with Crippen LogP contribution in [-0.4, -0.2) is 36.7 Å². The van der Waals surface area contributed by atoms with Gasteiger partial charge >= 0.3 is 0 Å². The van der Waals surface area contributed by atoms with Crippen LogP contribution < -0.4 is 10.1 Å². The smallest absolute Gasteiger partial charge is 0.211 e. The van der Waals surface area contributed by atoms with Crippen molar-refractivity contribution in [2.45, 2.75) is 19.4 Å². The number of carbonyl (C=O) groups excluding carboxylic acids is 2. The molecule has 0 aliphatic heterocycles. The lowest BCUT2D eigenvalue weighted by molar-refractivity contribution is -0.105. The molecule has 0 saturated carbocycles. The third kappa shape index (κ3) is 5.17. The van der Waals surface area contributed by atoms with E-state index in [0.29, 0.717) is 18.4 Å². The number of hydrogen-bond donors (Lipinski definition) is 2. The molecule has 0 aliphatic rings. The average Bonchev–Trinajstić information content (AvgIpc) is 2.62. The lowest BCUT2D eigenvalue weighted by Crippen LogP contribution is -2.08. The molecule has 0 fully saturated rings. The van der Waals surface area contributed by atoms with Gasteiger partial charge in [0.05, 0.1) is 25.1 Å². The van der Waals surface area contributed by atoms with Gasteiger partial charge in [-0.15, -0.1) is 0 Å². The van der Waals surface area contributed by atoms with Gasteiger partial charge in [0, 0.05) is 5.56 Å². The normalized spacial score (nSPS) is 11.9. The molecule has 25 heavy (non-hydrogen) atoms. The first-order valence-electron chi connectivity index (χ1n) is 7.77. The van der Waals surface area contributed by atoms with Crippen LogP contribution in [-0.2, 0) is 11.2 Å². The second-order valence-electron chi connectivity index (χ2n) is 5.54. The van der Waals surface area contributed by atoms with Crippen LogP contribution in [0.4, 0.5) is 5.69 Å². The van der Waals surface area contributed by atoms with E-state index < -0.39 is 0 Å². The Morgan fingerprint density at radius 3 is 2.64 bits per heavy atom. The Kier molecular flexibility index (Phi) is 6.28. The van der Waals surface area contributed by atoms with Crippen LogP contribution in [0.3, 0.4) is 0 Å². The second-order valence-corrected chi connectivity index (χ2v) is 5.54. The van der Waals surface area contributed by atoms with Crippen molar-refractivity contribution in [1.82, 2.24) is 0 Å². The molecular formula is C19H20N2O4. The van der Waals surface area contributed by atoms with Gasteiger partial charge in [0.25, 0.3) is 0 Å². The summed E-state index contributed by atoms with van der Waals surface area (Å²) in [6.07, 6.45) is 2.40. The van der Waals surface area contributed by atoms with E-state index in [1.165, 1.54) is 24.4 Å². The molecular weight excluding hydrogens is 320 g/mol. The van der Waals surface area contributed by atoms with Gasteiger partial charge in [0.2, 0.25) is 12.2 Å². The largest absolute Gasteiger partial charge is 0.506 e. The zero-order chi connectivity index (χ0) is 18.2. The number of ketones is 1. The monoisotopic (exact) mass is 340 g/mol. The van der Waals surface area contributed by atoms with Crippen molar-refractivity contribution in [3.05, 3.63) is 53.6 Å². The van der Waals surface area contributed by atoms with Crippen molar-refractivity contribution < 1.29 is 19.4 Å². The number of rotatable bonds is 8. The van der Waals surface area contributed by atoms with Gasteiger partial charge < -0.3 is 15.2 Å². The van der Waals surface area contributed by atoms with Gasteiger partial charge in [-0.1, -0.05) is 12.1 Å². The van der Waals surface area contributed by atoms with Gasteiger partial charge in [-0.3, -0.25) is 14.6 Å². The van der Waals surface area contributed by atoms with Crippen LogP contribution in [0.25, 0.3) is 0 Å². The minimum Gasteiger partial charge on any atom is -0.506 e. The van der Waals surface area contributed by atoms with Gasteiger partial charge in [0.1, 0.15) is 11.5 Å². The number of hydrogen-bond acceptors (Lipinski definition) is 5. The summed E-state index contributed by atoms with van der Waals surface area (Å²) in [5.41, 5.74) is 1.61. The number of amides is 1. The summed E-state index contributed by atoms with van der Waals surface area (Å²) in [5.74, 6) is 0.395. The number of phenolic OH excluding ortho intramolecular Hbond substituents is 1. The zero-order valence-corrected chi connectivity index (χ0v) is 14.1. The van der Waals surface area contributed by atoms with E-state index in [9.17, 15) is 14.7 Å². The van der Waals surface area contributed by atoms with Crippen molar-refractivity contribution in [2.75, 3.05) is 12.4 Å². The van der Waals surface area contributed by atoms with Gasteiger partial charge in [-0.25, -0.2) is 0 Å². The maximum atomic E-state index is 12.2. The topological polar surface area (TPSA) is 88.0 Å². The Bertz CT molecular complexity index is 769. The molecule has 0 saturated heterocycles. The highest BCUT2D eigenvalue weighted by molar-refractivity contribution is 6.35. The molecule has 0 heterocycles. The fourth-order valence-corrected chi connectivity index (χ4v) is 2.29. The Labute approximate surface area is 146 Å². The summed E-state index contributed by atoms with van der Waals surface area (Å²) in [6, 6.07) is 11.9. The number of phenols is 1. The number of carbonyl (C=O) groups is 2. The molecule has 0 spiro atoms. The zero-order valence-electron chi connectivity index (χ0n) is 14.1. The molecule has 1 atom stereocenters. The van der Waals surface area contributed by atoms with Crippen LogP contribution in [0, 0.1) is 0 Å². The van der Waals surface area contributed by atoms with Crippen molar-refractivity contribution >= 4 is 24.1 Å². The molecule has 6 heteroatoms. The van der Waals surface area contributed by atoms with Crippen LogP contribution in [0.15, 0.2) is 47.5 Å². The Morgan fingerprint density at radius 1 is 1.28 bits per heavy atom. The molecule has 1 unspecified atom stereocenters. The lowest BCUT2D eigenvalue weighted by atomic mass is 10.1. The maximum Gasteiger partial charge on any atom is 0.211 e. The molecule has 2 aromatic rings. The Balaban J connectivity index is 2.00. The lowest BCUT2D eigenvalue weighted by Gasteiger charge is -2.07. The molecule has 0 aliphatic carbocycles. The van der Waals surface area contributed by atoms with Crippen molar-refractivity contribution in [1.29, 1.82) is 0 Å². The molecule has 0 bridgehead atoms. The predicted octanol–water partition coefficient (Wildman–Crippen LogP) is 2.85. The number of Topliss-reactive ketones (excluding diaryl/α,β-unsaturated/α-hetero) is 1. The second kappa shape index (κ2) is 8.63. The molecule has 6 nitrogen and oxygen atoms in total. The fourth-order valence-electron chi connectivity index (χ4n) is 2.29. The Hall–Kier alpha value is -3.15. The van der Waals surface area contributed by atoms with E-state index in [0.717, 1.165) is 11.3 Å². The van der Waals surface area contributed by atoms with Gasteiger partial charge in [-0.05, 0) is 49.2 Å². The molecule has 0 aromatic heterocycles. The highest BCUT2D eigenvalue weighted by atomic mass is 16.5. The minimum absolute atomic E-state index is 0.0676. The minimum atomic E-state index is -0.296. The summed E-state index contributed by atoms with van der Waals surface area (Å²) in [5, 5.41) is 11.9. The molecule has 2 aromatic carbocycles. The number of nitrogens with one attached hydrogen (secondary N) is 1. The molecule has 1 amide bonds. The number of ether oxygens (including phenoxy) is 1. The van der Waals surface area contributed by atoms with Crippen LogP contribution >= 0.6 is 0 Å². The van der Waals surface area contributed by atoms with Crippen LogP contribution in [0.1, 0.15) is 22.8 Å². The fraction of sp³-hybridized carbons (Fsp3) is 0.211. The third-order valence-electron chi connectivity index (χ3n) is 3.63. The van der Waals surface area contributed by atoms with Crippen LogP contribution in [0.2, 0.25) is 0 Å². The first-order chi connectivity index (χ1) is 12.0. The highest BCUT2D eigenvalue weighted by Crippen LogP contribution is 2.23. The average molecular weight is 340 g/mol. The van der Waals surface area contributed by atoms with Crippen LogP contribution in [0.5, 0.6) is 11.5 Å². The van der Waals surface area contributed by atoms with Gasteiger partial charge in [0.15, 0.2) is 0 Å². The number of benzene rings is 2. The number of anilines is 1. The molecule has 130 valence electrons. The standard InChI is InChI=1S/C19H20N2O4/c1-13(9-14-3-6-16(25-2)7-4-14)20-11-19(24)15-5-8-18(23)17(10-15)21-12-22/h3-8,10-13,23H,9H2,1-2H3,(H,21,22). The highest BCUT2D eigenvalue weighted by Gasteiger charge is 2.08. The van der Waals surface area contributed by atoms with E-state index in [2.05, 4.69) is 10.3 Å². The van der Waals surface area contributed by atoms with E-state index in [1.807, 2.05) is 31.2 Å². The van der Waals surface area contributed by atoms with E-state index in [1.54, 1.807) is 7.11 Å². The van der Waals surface area contributed by atoms with E-state index in [4.69, 9.17) is 4.74 Å². The molecule has 2 rings (SSSR count). The van der Waals surface area contributed by atoms with Crippen molar-refractivity contribution in [3.8, 4) is 11.5 Å². The SMILES string of the molecule is COc1ccc(CC(C)N=CC(=O)c2ccc(O)c(NC=O)c2)cc1.